The molecule has 19 heavy (non-hydrogen) atoms. The third-order valence-electron chi connectivity index (χ3n) is 2.07. The molecule has 0 amide bonds. The van der Waals surface area contributed by atoms with Gasteiger partial charge in [-0.3, -0.25) is 0 Å². The van der Waals surface area contributed by atoms with Crippen molar-refractivity contribution in [2.75, 3.05) is 0 Å². The highest BCUT2D eigenvalue weighted by atomic mass is 127. The molecule has 1 aromatic rings. The Morgan fingerprint density at radius 1 is 1.21 bits per heavy atom. The third kappa shape index (κ3) is 5.21. The standard InChI is InChI=1S/C12H13F3INOS/c1-11(2,3)19(18)17-7-8-4-9(12(13,14)15)6-10(16)5-8/h4-7H,1-3H3/b17-7+/t19-/m1/s1. The van der Waals surface area contributed by atoms with Gasteiger partial charge in [0.1, 0.15) is 11.0 Å². The van der Waals surface area contributed by atoms with Gasteiger partial charge in [0, 0.05) is 9.78 Å². The fourth-order valence-electron chi connectivity index (χ4n) is 1.12. The molecule has 0 heterocycles. The van der Waals surface area contributed by atoms with Gasteiger partial charge in [-0.2, -0.15) is 17.6 Å². The fourth-order valence-corrected chi connectivity index (χ4v) is 2.35. The number of hydrogen-bond acceptors (Lipinski definition) is 1. The maximum atomic E-state index is 12.6. The van der Waals surface area contributed by atoms with Gasteiger partial charge < -0.3 is 0 Å². The second-order valence-electron chi connectivity index (χ2n) is 4.87. The predicted molar refractivity (Wildman–Crippen MR) is 79.7 cm³/mol. The van der Waals surface area contributed by atoms with Gasteiger partial charge in [0.2, 0.25) is 0 Å². The maximum Gasteiger partial charge on any atom is 0.416 e. The first-order chi connectivity index (χ1) is 8.50. The van der Waals surface area contributed by atoms with Crippen LogP contribution in [0.5, 0.6) is 0 Å². The van der Waals surface area contributed by atoms with Crippen molar-refractivity contribution in [3.05, 3.63) is 32.9 Å². The number of halogens is 4. The molecule has 2 nitrogen and oxygen atoms in total. The van der Waals surface area contributed by atoms with Gasteiger partial charge in [-0.15, -0.1) is 0 Å². The highest BCUT2D eigenvalue weighted by molar-refractivity contribution is 14.1. The summed E-state index contributed by atoms with van der Waals surface area (Å²) in [5, 5.41) is 0. The van der Waals surface area contributed by atoms with Gasteiger partial charge in [0.15, 0.2) is 0 Å². The van der Waals surface area contributed by atoms with Crippen molar-refractivity contribution in [1.29, 1.82) is 0 Å². The van der Waals surface area contributed by atoms with Crippen LogP contribution in [0, 0.1) is 3.57 Å². The lowest BCUT2D eigenvalue weighted by atomic mass is 10.1. The first-order valence-corrected chi connectivity index (χ1v) is 7.52. The fraction of sp³-hybridized carbons (Fsp3) is 0.417. The molecule has 1 atom stereocenters. The van der Waals surface area contributed by atoms with Gasteiger partial charge in [-0.25, -0.2) is 4.21 Å². The minimum atomic E-state index is -4.40. The second kappa shape index (κ2) is 5.90. The molecule has 0 aromatic heterocycles. The monoisotopic (exact) mass is 403 g/mol. The molecule has 0 unspecified atom stereocenters. The van der Waals surface area contributed by atoms with Crippen molar-refractivity contribution in [1.82, 2.24) is 0 Å². The molecule has 0 saturated heterocycles. The molecule has 7 heteroatoms. The van der Waals surface area contributed by atoms with E-state index in [9.17, 15) is 17.4 Å². The number of hydrogen-bond donors (Lipinski definition) is 0. The Bertz CT molecular complexity index is 521. The molecule has 0 fully saturated rings. The highest BCUT2D eigenvalue weighted by Crippen LogP contribution is 2.30. The van der Waals surface area contributed by atoms with Gasteiger partial charge >= 0.3 is 6.18 Å². The SMILES string of the molecule is CC(C)(C)[S@@](=O)/N=C/c1cc(I)cc(C(F)(F)F)c1. The molecule has 0 radical (unpaired) electrons. The van der Waals surface area contributed by atoms with E-state index in [0.717, 1.165) is 12.1 Å². The largest absolute Gasteiger partial charge is 0.416 e. The summed E-state index contributed by atoms with van der Waals surface area (Å²) in [5.41, 5.74) is -0.445. The zero-order valence-electron chi connectivity index (χ0n) is 10.6. The van der Waals surface area contributed by atoms with Crippen molar-refractivity contribution in [3.8, 4) is 0 Å². The Labute approximate surface area is 126 Å². The zero-order chi connectivity index (χ0) is 14.8. The van der Waals surface area contributed by atoms with Crippen LogP contribution in [0.4, 0.5) is 13.2 Å². The second-order valence-corrected chi connectivity index (χ2v) is 8.05. The number of alkyl halides is 3. The van der Waals surface area contributed by atoms with E-state index >= 15 is 0 Å². The van der Waals surface area contributed by atoms with Gasteiger partial charge in [-0.05, 0) is 67.1 Å². The Morgan fingerprint density at radius 2 is 1.79 bits per heavy atom. The molecule has 0 spiro atoms. The van der Waals surface area contributed by atoms with Crippen LogP contribution in [0.2, 0.25) is 0 Å². The van der Waals surface area contributed by atoms with Gasteiger partial charge in [-0.1, -0.05) is 0 Å². The maximum absolute atomic E-state index is 12.6. The Kier molecular flexibility index (Phi) is 5.16. The minimum absolute atomic E-state index is 0.289. The van der Waals surface area contributed by atoms with Crippen LogP contribution in [-0.4, -0.2) is 15.2 Å². The number of rotatable bonds is 2. The average Bonchev–Trinajstić information content (AvgIpc) is 2.22. The summed E-state index contributed by atoms with van der Waals surface area (Å²) in [5.74, 6) is 0. The first-order valence-electron chi connectivity index (χ1n) is 5.34. The molecular formula is C12H13F3INOS. The summed E-state index contributed by atoms with van der Waals surface area (Å²) in [7, 11) is -1.49. The molecule has 106 valence electrons. The van der Waals surface area contributed by atoms with E-state index in [2.05, 4.69) is 4.40 Å². The lowest BCUT2D eigenvalue weighted by molar-refractivity contribution is -0.137. The van der Waals surface area contributed by atoms with E-state index in [1.54, 1.807) is 49.4 Å². The van der Waals surface area contributed by atoms with Crippen LogP contribution in [0.25, 0.3) is 0 Å². The highest BCUT2D eigenvalue weighted by Gasteiger charge is 2.30. The first kappa shape index (κ1) is 16.6. The molecule has 0 saturated carbocycles. The Balaban J connectivity index is 3.07. The van der Waals surface area contributed by atoms with E-state index in [4.69, 9.17) is 0 Å². The van der Waals surface area contributed by atoms with Crippen LogP contribution in [0.1, 0.15) is 31.9 Å². The van der Waals surface area contributed by atoms with Crippen LogP contribution in [-0.2, 0) is 17.2 Å². The predicted octanol–water partition coefficient (Wildman–Crippen LogP) is 4.19. The Hall–Kier alpha value is -0.440. The Morgan fingerprint density at radius 3 is 2.26 bits per heavy atom. The zero-order valence-corrected chi connectivity index (χ0v) is 13.6. The van der Waals surface area contributed by atoms with E-state index in [0.29, 0.717) is 3.57 Å². The average molecular weight is 403 g/mol. The van der Waals surface area contributed by atoms with Crippen molar-refractivity contribution >= 4 is 39.8 Å². The lowest BCUT2D eigenvalue weighted by Gasteiger charge is -2.13. The van der Waals surface area contributed by atoms with Crippen molar-refractivity contribution in [2.45, 2.75) is 31.7 Å². The van der Waals surface area contributed by atoms with Crippen LogP contribution in [0.3, 0.4) is 0 Å². The summed E-state index contributed by atoms with van der Waals surface area (Å²) in [6.45, 7) is 5.24. The van der Waals surface area contributed by atoms with Crippen LogP contribution < -0.4 is 0 Å². The number of benzene rings is 1. The molecule has 0 aliphatic rings. The summed E-state index contributed by atoms with van der Waals surface area (Å²) >= 11 is 1.81. The van der Waals surface area contributed by atoms with Gasteiger partial charge in [0.25, 0.3) is 0 Å². The van der Waals surface area contributed by atoms with Crippen LogP contribution in [0.15, 0.2) is 22.6 Å². The quantitative estimate of drug-likeness (QED) is 0.538. The minimum Gasteiger partial charge on any atom is -0.234 e. The third-order valence-corrected chi connectivity index (χ3v) is 4.04. The lowest BCUT2D eigenvalue weighted by Crippen LogP contribution is -2.19. The molecular weight excluding hydrogens is 390 g/mol. The summed E-state index contributed by atoms with van der Waals surface area (Å²) < 4.78 is 53.3. The van der Waals surface area contributed by atoms with Gasteiger partial charge in [0.05, 0.1) is 10.3 Å². The molecule has 1 aromatic carbocycles. The molecule has 0 aliphatic heterocycles. The van der Waals surface area contributed by atoms with E-state index in [1.807, 2.05) is 0 Å². The number of nitrogens with zero attached hydrogens (tertiary/aromatic N) is 1. The molecule has 0 N–H and O–H groups in total. The molecule has 1 rings (SSSR count). The molecule has 0 aliphatic carbocycles. The van der Waals surface area contributed by atoms with E-state index < -0.39 is 27.5 Å². The summed E-state index contributed by atoms with van der Waals surface area (Å²) in [6, 6.07) is 3.60. The van der Waals surface area contributed by atoms with Crippen molar-refractivity contribution < 1.29 is 17.4 Å². The van der Waals surface area contributed by atoms with E-state index in [1.165, 1.54) is 6.21 Å². The topological polar surface area (TPSA) is 29.4 Å². The molecule has 0 bridgehead atoms. The van der Waals surface area contributed by atoms with Crippen molar-refractivity contribution in [2.24, 2.45) is 4.40 Å². The van der Waals surface area contributed by atoms with Crippen LogP contribution >= 0.6 is 22.6 Å². The summed E-state index contributed by atoms with van der Waals surface area (Å²) in [4.78, 5) is 0. The van der Waals surface area contributed by atoms with Crippen molar-refractivity contribution in [3.63, 3.8) is 0 Å². The van der Waals surface area contributed by atoms with E-state index in [-0.39, 0.29) is 5.56 Å². The normalized spacial score (nSPS) is 14.9. The summed E-state index contributed by atoms with van der Waals surface area (Å²) in [6.07, 6.45) is -3.17. The smallest absolute Gasteiger partial charge is 0.234 e.